The Morgan fingerprint density at radius 3 is 2.52 bits per heavy atom. The summed E-state index contributed by atoms with van der Waals surface area (Å²) in [4.78, 5) is 4.41. The summed E-state index contributed by atoms with van der Waals surface area (Å²) >= 11 is 6.20. The number of aryl methyl sites for hydroxylation is 1. The number of aromatic nitrogens is 3. The van der Waals surface area contributed by atoms with Crippen molar-refractivity contribution in [1.29, 1.82) is 5.26 Å². The number of nitrogen functional groups attached to an aromatic ring is 1. The molecule has 0 amide bonds. The van der Waals surface area contributed by atoms with E-state index in [1.54, 1.807) is 13.0 Å². The number of fused-ring (bicyclic) bond motifs is 1. The van der Waals surface area contributed by atoms with E-state index < -0.39 is 0 Å². The van der Waals surface area contributed by atoms with Gasteiger partial charge < -0.3 is 16.8 Å². The quantitative estimate of drug-likeness (QED) is 0.589. The van der Waals surface area contributed by atoms with Crippen LogP contribution in [0.15, 0.2) is 36.5 Å². The van der Waals surface area contributed by atoms with Gasteiger partial charge in [0.05, 0.1) is 5.69 Å². The summed E-state index contributed by atoms with van der Waals surface area (Å²) in [7, 11) is 1.50. The summed E-state index contributed by atoms with van der Waals surface area (Å²) in [5.41, 5.74) is 12.9. The summed E-state index contributed by atoms with van der Waals surface area (Å²) in [5.74, 6) is 0.618. The number of hydrogen-bond acceptors (Lipinski definition) is 6. The third-order valence-electron chi connectivity index (χ3n) is 3.49. The standard InChI is InChI=1S/C17H19ClN6.C3H8.CH5N/c1-4-6-7-12(5-2)8-9-21-16-13(10-19)15(20)24-17(22-16)14(18)11(3)23-24;1-3-2;1-2/h4-7H,2,8-9,20H2,1,3H3,(H,21,22);3H2,1-2H3;2H2,1H3/b6-4-,12-7+;;. The van der Waals surface area contributed by atoms with Gasteiger partial charge in [-0.2, -0.15) is 14.9 Å². The summed E-state index contributed by atoms with van der Waals surface area (Å²) in [6.45, 7) is 12.3. The average molecular weight is 418 g/mol. The maximum atomic E-state index is 9.38. The molecule has 2 aromatic heterocycles. The molecule has 0 fully saturated rings. The highest BCUT2D eigenvalue weighted by atomic mass is 35.5. The van der Waals surface area contributed by atoms with Crippen molar-refractivity contribution in [3.8, 4) is 6.07 Å². The minimum Gasteiger partial charge on any atom is -0.382 e. The number of nitrogens with two attached hydrogens (primary N) is 2. The fraction of sp³-hybridized carbons (Fsp3) is 0.381. The second kappa shape index (κ2) is 14.2. The second-order valence-electron chi connectivity index (χ2n) is 5.82. The Hall–Kier alpha value is -2.82. The van der Waals surface area contributed by atoms with E-state index in [0.29, 0.717) is 28.7 Å². The van der Waals surface area contributed by atoms with Gasteiger partial charge in [0.1, 0.15) is 28.3 Å². The Kier molecular flexibility index (Phi) is 12.8. The third-order valence-corrected chi connectivity index (χ3v) is 3.93. The van der Waals surface area contributed by atoms with E-state index in [4.69, 9.17) is 17.3 Å². The molecule has 158 valence electrons. The van der Waals surface area contributed by atoms with Crippen LogP contribution in [-0.4, -0.2) is 28.2 Å². The number of halogens is 1. The Balaban J connectivity index is 0.00000143. The molecule has 29 heavy (non-hydrogen) atoms. The van der Waals surface area contributed by atoms with Gasteiger partial charge in [0.15, 0.2) is 5.65 Å². The van der Waals surface area contributed by atoms with Crippen LogP contribution in [0.5, 0.6) is 0 Å². The molecule has 0 bridgehead atoms. The minimum atomic E-state index is 0.216. The lowest BCUT2D eigenvalue weighted by Crippen LogP contribution is -2.11. The number of hydrogen-bond donors (Lipinski definition) is 3. The van der Waals surface area contributed by atoms with Crippen LogP contribution in [0.2, 0.25) is 5.02 Å². The molecule has 0 saturated heterocycles. The number of rotatable bonds is 6. The van der Waals surface area contributed by atoms with E-state index in [0.717, 1.165) is 12.0 Å². The fourth-order valence-electron chi connectivity index (χ4n) is 2.19. The molecule has 0 atom stereocenters. The molecule has 0 aromatic carbocycles. The number of nitriles is 1. The predicted molar refractivity (Wildman–Crippen MR) is 124 cm³/mol. The molecule has 0 aliphatic carbocycles. The Morgan fingerprint density at radius 1 is 1.38 bits per heavy atom. The molecular weight excluding hydrogens is 386 g/mol. The van der Waals surface area contributed by atoms with Crippen molar-refractivity contribution < 1.29 is 0 Å². The van der Waals surface area contributed by atoms with Crippen molar-refractivity contribution >= 4 is 28.9 Å². The molecule has 2 heterocycles. The first-order valence-electron chi connectivity index (χ1n) is 9.45. The Labute approximate surface area is 178 Å². The van der Waals surface area contributed by atoms with Crippen molar-refractivity contribution in [2.75, 3.05) is 24.6 Å². The van der Waals surface area contributed by atoms with Crippen molar-refractivity contribution in [3.63, 3.8) is 0 Å². The summed E-state index contributed by atoms with van der Waals surface area (Å²) < 4.78 is 1.39. The SMILES string of the molecule is C=C/C(=C\C=C/C)CCNc1nc2c(Cl)c(C)nn2c(N)c1C#N.CCC.CN. The summed E-state index contributed by atoms with van der Waals surface area (Å²) in [5, 5.41) is 17.2. The van der Waals surface area contributed by atoms with Gasteiger partial charge in [-0.25, -0.2) is 4.98 Å². The number of nitrogens with zero attached hydrogens (tertiary/aromatic N) is 4. The lowest BCUT2D eigenvalue weighted by Gasteiger charge is -2.10. The van der Waals surface area contributed by atoms with Crippen LogP contribution in [0.25, 0.3) is 5.65 Å². The highest BCUT2D eigenvalue weighted by Gasteiger charge is 2.17. The van der Waals surface area contributed by atoms with Crippen molar-refractivity contribution in [1.82, 2.24) is 14.6 Å². The normalized spacial score (nSPS) is 10.6. The fourth-order valence-corrected chi connectivity index (χ4v) is 2.35. The molecule has 2 rings (SSSR count). The van der Waals surface area contributed by atoms with Crippen molar-refractivity contribution in [3.05, 3.63) is 52.7 Å². The van der Waals surface area contributed by atoms with Gasteiger partial charge in [-0.3, -0.25) is 0 Å². The number of nitrogens with one attached hydrogen (secondary N) is 1. The first-order chi connectivity index (χ1) is 13.9. The van der Waals surface area contributed by atoms with Crippen LogP contribution in [0, 0.1) is 18.3 Å². The van der Waals surface area contributed by atoms with E-state index in [9.17, 15) is 5.26 Å². The zero-order valence-electron chi connectivity index (χ0n) is 18.0. The maximum Gasteiger partial charge on any atom is 0.178 e. The van der Waals surface area contributed by atoms with Crippen LogP contribution < -0.4 is 16.8 Å². The van der Waals surface area contributed by atoms with Gasteiger partial charge in [0.25, 0.3) is 0 Å². The van der Waals surface area contributed by atoms with Gasteiger partial charge in [0.2, 0.25) is 0 Å². The van der Waals surface area contributed by atoms with Gasteiger partial charge >= 0.3 is 0 Å². The first-order valence-corrected chi connectivity index (χ1v) is 9.83. The van der Waals surface area contributed by atoms with E-state index in [1.807, 2.05) is 25.2 Å². The van der Waals surface area contributed by atoms with Crippen molar-refractivity contribution in [2.24, 2.45) is 5.73 Å². The molecular formula is C21H32ClN7. The first kappa shape index (κ1) is 26.2. The number of anilines is 2. The van der Waals surface area contributed by atoms with E-state index in [2.05, 4.69) is 47.6 Å². The highest BCUT2D eigenvalue weighted by molar-refractivity contribution is 6.34. The highest BCUT2D eigenvalue weighted by Crippen LogP contribution is 2.27. The van der Waals surface area contributed by atoms with Gasteiger partial charge in [-0.05, 0) is 32.9 Å². The van der Waals surface area contributed by atoms with E-state index in [1.165, 1.54) is 18.0 Å². The van der Waals surface area contributed by atoms with Crippen LogP contribution in [0.3, 0.4) is 0 Å². The average Bonchev–Trinajstić information content (AvgIpc) is 3.01. The van der Waals surface area contributed by atoms with Crippen molar-refractivity contribution in [2.45, 2.75) is 40.5 Å². The molecule has 0 spiro atoms. The molecule has 7 nitrogen and oxygen atoms in total. The molecule has 0 saturated carbocycles. The monoisotopic (exact) mass is 417 g/mol. The maximum absolute atomic E-state index is 9.38. The van der Waals surface area contributed by atoms with E-state index in [-0.39, 0.29) is 11.4 Å². The minimum absolute atomic E-state index is 0.216. The summed E-state index contributed by atoms with van der Waals surface area (Å²) in [6, 6.07) is 2.07. The molecule has 0 aliphatic rings. The van der Waals surface area contributed by atoms with Crippen LogP contribution in [0.4, 0.5) is 11.6 Å². The van der Waals surface area contributed by atoms with Gasteiger partial charge in [0, 0.05) is 6.54 Å². The molecule has 0 radical (unpaired) electrons. The van der Waals surface area contributed by atoms with Crippen LogP contribution >= 0.6 is 11.6 Å². The third kappa shape index (κ3) is 7.26. The van der Waals surface area contributed by atoms with Crippen LogP contribution in [0.1, 0.15) is 44.9 Å². The predicted octanol–water partition coefficient (Wildman–Crippen LogP) is 4.63. The van der Waals surface area contributed by atoms with Gasteiger partial charge in [-0.1, -0.05) is 62.8 Å². The lowest BCUT2D eigenvalue weighted by molar-refractivity contribution is 0.920. The zero-order chi connectivity index (χ0) is 22.4. The lowest BCUT2D eigenvalue weighted by atomic mass is 10.1. The van der Waals surface area contributed by atoms with E-state index >= 15 is 0 Å². The molecule has 0 unspecified atom stereocenters. The summed E-state index contributed by atoms with van der Waals surface area (Å²) in [6.07, 6.45) is 9.67. The van der Waals surface area contributed by atoms with Crippen LogP contribution in [-0.2, 0) is 0 Å². The topological polar surface area (TPSA) is 118 Å². The Bertz CT molecular complexity index is 889. The molecule has 2 aromatic rings. The smallest absolute Gasteiger partial charge is 0.178 e. The second-order valence-corrected chi connectivity index (χ2v) is 6.20. The Morgan fingerprint density at radius 2 is 2.00 bits per heavy atom. The number of allylic oxidation sites excluding steroid dienone is 4. The molecule has 5 N–H and O–H groups in total. The zero-order valence-corrected chi connectivity index (χ0v) is 18.7. The molecule has 0 aliphatic heterocycles. The largest absolute Gasteiger partial charge is 0.382 e. The van der Waals surface area contributed by atoms with Gasteiger partial charge in [-0.15, -0.1) is 0 Å². The molecule has 8 heteroatoms.